The number of nitrogens with two attached hydrogens (primary N) is 1. The van der Waals surface area contributed by atoms with Gasteiger partial charge >= 0.3 is 0 Å². The van der Waals surface area contributed by atoms with Gasteiger partial charge in [0.15, 0.2) is 0 Å². The molecule has 4 heteroatoms. The Balaban J connectivity index is 2.12. The Kier molecular flexibility index (Phi) is 4.53. The standard InChI is InChI=1S/C14H21FN2O/c1-2-10-5-3-4-6-13(10)18-14-11(8-16)7-12(15)9-17-14/h7,9-10,13H,2-6,8,16H2,1H3. The van der Waals surface area contributed by atoms with E-state index >= 15 is 0 Å². The van der Waals surface area contributed by atoms with E-state index in [1.807, 2.05) is 0 Å². The molecule has 0 aliphatic heterocycles. The van der Waals surface area contributed by atoms with Crippen LogP contribution in [-0.4, -0.2) is 11.1 Å². The molecule has 3 nitrogen and oxygen atoms in total. The molecule has 1 aromatic heterocycles. The van der Waals surface area contributed by atoms with Crippen molar-refractivity contribution in [3.8, 4) is 5.88 Å². The number of ether oxygens (including phenoxy) is 1. The zero-order chi connectivity index (χ0) is 13.0. The van der Waals surface area contributed by atoms with E-state index in [1.54, 1.807) is 0 Å². The topological polar surface area (TPSA) is 48.1 Å². The highest BCUT2D eigenvalue weighted by Crippen LogP contribution is 2.30. The Morgan fingerprint density at radius 1 is 1.44 bits per heavy atom. The van der Waals surface area contributed by atoms with E-state index in [4.69, 9.17) is 10.5 Å². The average Bonchev–Trinajstić information content (AvgIpc) is 2.41. The van der Waals surface area contributed by atoms with E-state index < -0.39 is 0 Å². The Labute approximate surface area is 108 Å². The molecule has 2 unspecified atom stereocenters. The maximum atomic E-state index is 13.1. The van der Waals surface area contributed by atoms with Crippen molar-refractivity contribution >= 4 is 0 Å². The van der Waals surface area contributed by atoms with Crippen LogP contribution in [0.1, 0.15) is 44.6 Å². The highest BCUT2D eigenvalue weighted by Gasteiger charge is 2.26. The summed E-state index contributed by atoms with van der Waals surface area (Å²) in [5.74, 6) is 0.721. The monoisotopic (exact) mass is 252 g/mol. The fourth-order valence-corrected chi connectivity index (χ4v) is 2.66. The van der Waals surface area contributed by atoms with Crippen molar-refractivity contribution in [3.63, 3.8) is 0 Å². The third-order valence-electron chi connectivity index (χ3n) is 3.74. The molecule has 0 spiro atoms. The molecule has 0 aromatic carbocycles. The molecule has 2 N–H and O–H groups in total. The van der Waals surface area contributed by atoms with Gasteiger partial charge in [0, 0.05) is 12.1 Å². The Morgan fingerprint density at radius 3 is 2.94 bits per heavy atom. The molecule has 2 rings (SSSR count). The summed E-state index contributed by atoms with van der Waals surface area (Å²) in [4.78, 5) is 4.03. The first-order valence-electron chi connectivity index (χ1n) is 6.75. The minimum atomic E-state index is -0.363. The number of hydrogen-bond donors (Lipinski definition) is 1. The minimum absolute atomic E-state index is 0.201. The van der Waals surface area contributed by atoms with Crippen molar-refractivity contribution in [2.75, 3.05) is 0 Å². The Morgan fingerprint density at radius 2 is 2.22 bits per heavy atom. The van der Waals surface area contributed by atoms with Crippen molar-refractivity contribution in [2.45, 2.75) is 51.7 Å². The van der Waals surface area contributed by atoms with Gasteiger partial charge < -0.3 is 10.5 Å². The molecule has 0 amide bonds. The van der Waals surface area contributed by atoms with Gasteiger partial charge in [-0.15, -0.1) is 0 Å². The van der Waals surface area contributed by atoms with Crippen LogP contribution in [0.15, 0.2) is 12.3 Å². The van der Waals surface area contributed by atoms with Crippen LogP contribution in [0.4, 0.5) is 4.39 Å². The minimum Gasteiger partial charge on any atom is -0.474 e. The van der Waals surface area contributed by atoms with Crippen LogP contribution in [-0.2, 0) is 6.54 Å². The predicted octanol–water partition coefficient (Wildman–Crippen LogP) is 3.03. The van der Waals surface area contributed by atoms with Crippen LogP contribution in [0.5, 0.6) is 5.88 Å². The number of halogens is 1. The lowest BCUT2D eigenvalue weighted by atomic mass is 9.85. The average molecular weight is 252 g/mol. The molecular weight excluding hydrogens is 231 g/mol. The second-order valence-corrected chi connectivity index (χ2v) is 4.93. The summed E-state index contributed by atoms with van der Waals surface area (Å²) in [6.45, 7) is 2.44. The first-order chi connectivity index (χ1) is 8.74. The maximum absolute atomic E-state index is 13.1. The Bertz CT molecular complexity index is 397. The summed E-state index contributed by atoms with van der Waals surface area (Å²) in [6.07, 6.45) is 7.25. The number of aromatic nitrogens is 1. The molecule has 100 valence electrons. The third-order valence-corrected chi connectivity index (χ3v) is 3.74. The summed E-state index contributed by atoms with van der Waals surface area (Å²) in [5, 5.41) is 0. The number of nitrogens with zero attached hydrogens (tertiary/aromatic N) is 1. The van der Waals surface area contributed by atoms with E-state index in [-0.39, 0.29) is 18.5 Å². The molecule has 1 aromatic rings. The first-order valence-corrected chi connectivity index (χ1v) is 6.75. The van der Waals surface area contributed by atoms with E-state index in [0.717, 1.165) is 12.8 Å². The first kappa shape index (κ1) is 13.3. The predicted molar refractivity (Wildman–Crippen MR) is 68.8 cm³/mol. The van der Waals surface area contributed by atoms with Gasteiger partial charge in [-0.2, -0.15) is 0 Å². The van der Waals surface area contributed by atoms with Gasteiger partial charge in [0.25, 0.3) is 0 Å². The second kappa shape index (κ2) is 6.14. The van der Waals surface area contributed by atoms with Gasteiger partial charge in [-0.3, -0.25) is 0 Å². The summed E-state index contributed by atoms with van der Waals surface area (Å²) >= 11 is 0. The molecule has 1 heterocycles. The molecule has 1 aliphatic carbocycles. The van der Waals surface area contributed by atoms with Crippen molar-refractivity contribution in [2.24, 2.45) is 11.7 Å². The number of pyridine rings is 1. The van der Waals surface area contributed by atoms with Gasteiger partial charge in [-0.05, 0) is 37.7 Å². The lowest BCUT2D eigenvalue weighted by Gasteiger charge is -2.31. The molecule has 0 saturated heterocycles. The molecule has 1 fully saturated rings. The summed E-state index contributed by atoms with van der Waals surface area (Å²) in [6, 6.07) is 1.41. The van der Waals surface area contributed by atoms with E-state index in [0.29, 0.717) is 17.4 Å². The maximum Gasteiger partial charge on any atom is 0.218 e. The van der Waals surface area contributed by atoms with Crippen molar-refractivity contribution in [1.29, 1.82) is 0 Å². The second-order valence-electron chi connectivity index (χ2n) is 4.93. The smallest absolute Gasteiger partial charge is 0.218 e. The van der Waals surface area contributed by atoms with E-state index in [1.165, 1.54) is 31.5 Å². The van der Waals surface area contributed by atoms with E-state index in [9.17, 15) is 4.39 Å². The van der Waals surface area contributed by atoms with Crippen LogP contribution in [0, 0.1) is 11.7 Å². The van der Waals surface area contributed by atoms with Crippen molar-refractivity contribution < 1.29 is 9.13 Å². The van der Waals surface area contributed by atoms with Crippen LogP contribution < -0.4 is 10.5 Å². The quantitative estimate of drug-likeness (QED) is 0.896. The molecule has 1 saturated carbocycles. The van der Waals surface area contributed by atoms with Gasteiger partial charge in [0.2, 0.25) is 5.88 Å². The fourth-order valence-electron chi connectivity index (χ4n) is 2.66. The highest BCUT2D eigenvalue weighted by atomic mass is 19.1. The lowest BCUT2D eigenvalue weighted by Crippen LogP contribution is -2.30. The summed E-state index contributed by atoms with van der Waals surface area (Å²) < 4.78 is 19.1. The molecule has 0 radical (unpaired) electrons. The zero-order valence-corrected chi connectivity index (χ0v) is 10.9. The van der Waals surface area contributed by atoms with Crippen molar-refractivity contribution in [1.82, 2.24) is 4.98 Å². The number of rotatable bonds is 4. The lowest BCUT2D eigenvalue weighted by molar-refractivity contribution is 0.0846. The molecule has 2 atom stereocenters. The molecule has 18 heavy (non-hydrogen) atoms. The molecular formula is C14H21FN2O. The summed E-state index contributed by atoms with van der Waals surface area (Å²) in [5.41, 5.74) is 6.25. The largest absolute Gasteiger partial charge is 0.474 e. The summed E-state index contributed by atoms with van der Waals surface area (Å²) in [7, 11) is 0. The highest BCUT2D eigenvalue weighted by molar-refractivity contribution is 5.26. The fraction of sp³-hybridized carbons (Fsp3) is 0.643. The molecule has 1 aliphatic rings. The normalized spacial score (nSPS) is 23.9. The van der Waals surface area contributed by atoms with Crippen LogP contribution >= 0.6 is 0 Å². The third kappa shape index (κ3) is 2.99. The van der Waals surface area contributed by atoms with Crippen molar-refractivity contribution in [3.05, 3.63) is 23.6 Å². The SMILES string of the molecule is CCC1CCCCC1Oc1ncc(F)cc1CN. The van der Waals surface area contributed by atoms with Gasteiger partial charge in [0.05, 0.1) is 6.20 Å². The van der Waals surface area contributed by atoms with Crippen LogP contribution in [0.2, 0.25) is 0 Å². The Hall–Kier alpha value is -1.16. The number of hydrogen-bond acceptors (Lipinski definition) is 3. The van der Waals surface area contributed by atoms with Gasteiger partial charge in [-0.1, -0.05) is 13.3 Å². The molecule has 0 bridgehead atoms. The van der Waals surface area contributed by atoms with Gasteiger partial charge in [0.1, 0.15) is 11.9 Å². The van der Waals surface area contributed by atoms with E-state index in [2.05, 4.69) is 11.9 Å². The van der Waals surface area contributed by atoms with Gasteiger partial charge in [-0.25, -0.2) is 9.37 Å². The van der Waals surface area contributed by atoms with Crippen LogP contribution in [0.25, 0.3) is 0 Å². The zero-order valence-electron chi connectivity index (χ0n) is 10.9. The van der Waals surface area contributed by atoms with Crippen LogP contribution in [0.3, 0.4) is 0 Å².